The smallest absolute Gasteiger partial charge is 0.263 e. The summed E-state index contributed by atoms with van der Waals surface area (Å²) >= 11 is 1.97. The van der Waals surface area contributed by atoms with Crippen molar-refractivity contribution >= 4 is 60.8 Å². The van der Waals surface area contributed by atoms with Gasteiger partial charge in [-0.05, 0) is 71.0 Å². The van der Waals surface area contributed by atoms with Crippen LogP contribution in [-0.2, 0) is 17.1 Å². The Kier molecular flexibility index (Phi) is 5.63. The average molecular weight is 597 g/mol. The van der Waals surface area contributed by atoms with Crippen molar-refractivity contribution in [2.45, 2.75) is 17.6 Å². The van der Waals surface area contributed by atoms with Crippen LogP contribution in [0.1, 0.15) is 17.9 Å². The molecule has 1 aliphatic rings. The first-order valence-electron chi connectivity index (χ1n) is 10.2. The quantitative estimate of drug-likeness (QED) is 0.304. The zero-order valence-corrected chi connectivity index (χ0v) is 20.7. The maximum Gasteiger partial charge on any atom is 0.263 e. The van der Waals surface area contributed by atoms with Crippen molar-refractivity contribution in [3.05, 3.63) is 85.9 Å². The Balaban J connectivity index is 1.56. The molecule has 0 aliphatic heterocycles. The molecule has 0 saturated heterocycles. The fourth-order valence-corrected chi connectivity index (χ4v) is 6.14. The van der Waals surface area contributed by atoms with Gasteiger partial charge in [-0.1, -0.05) is 12.1 Å². The Morgan fingerprint density at radius 1 is 1.15 bits per heavy atom. The molecule has 4 aromatic rings. The van der Waals surface area contributed by atoms with E-state index in [1.54, 1.807) is 12.1 Å². The summed E-state index contributed by atoms with van der Waals surface area (Å²) in [5, 5.41) is 2.22. The van der Waals surface area contributed by atoms with Gasteiger partial charge in [-0.2, -0.15) is 0 Å². The minimum Gasteiger partial charge on any atom is -0.462 e. The molecule has 1 saturated carbocycles. The van der Waals surface area contributed by atoms with Gasteiger partial charge in [0.1, 0.15) is 23.1 Å². The number of hydrogen-bond acceptors (Lipinski definition) is 5. The van der Waals surface area contributed by atoms with Crippen molar-refractivity contribution < 1.29 is 21.6 Å². The lowest BCUT2D eigenvalue weighted by Gasteiger charge is -2.18. The summed E-state index contributed by atoms with van der Waals surface area (Å²) in [6.45, 7) is 0. The van der Waals surface area contributed by atoms with Crippen LogP contribution in [-0.4, -0.2) is 18.2 Å². The molecule has 2 aromatic heterocycles. The van der Waals surface area contributed by atoms with Crippen molar-refractivity contribution in [1.82, 2.24) is 4.57 Å². The first kappa shape index (κ1) is 22.8. The van der Waals surface area contributed by atoms with Gasteiger partial charge in [0.2, 0.25) is 10.0 Å². The molecule has 1 fully saturated rings. The molecule has 7 nitrogen and oxygen atoms in total. The second-order valence-electron chi connectivity index (χ2n) is 8.08. The highest BCUT2D eigenvalue weighted by Crippen LogP contribution is 2.47. The molecule has 2 aromatic carbocycles. The number of fused-ring (bicyclic) bond motifs is 1. The molecule has 0 spiro atoms. The van der Waals surface area contributed by atoms with Gasteiger partial charge in [0.25, 0.3) is 5.56 Å². The molecular formula is C23H18F2IN3O4S. The molecule has 0 amide bonds. The van der Waals surface area contributed by atoms with Crippen LogP contribution in [0.3, 0.4) is 0 Å². The highest BCUT2D eigenvalue weighted by atomic mass is 127. The predicted molar refractivity (Wildman–Crippen MR) is 134 cm³/mol. The third-order valence-electron chi connectivity index (χ3n) is 5.84. The van der Waals surface area contributed by atoms with Crippen LogP contribution in [0, 0.1) is 15.2 Å². The number of pyridine rings is 1. The molecule has 2 N–H and O–H groups in total. The molecule has 176 valence electrons. The van der Waals surface area contributed by atoms with Crippen LogP contribution in [0.2, 0.25) is 0 Å². The van der Waals surface area contributed by atoms with Crippen LogP contribution < -0.4 is 15.6 Å². The van der Waals surface area contributed by atoms with Gasteiger partial charge in [-0.15, -0.1) is 0 Å². The number of anilines is 3. The monoisotopic (exact) mass is 597 g/mol. The number of hydrogen-bond donors (Lipinski definition) is 2. The van der Waals surface area contributed by atoms with Crippen molar-refractivity contribution in [3.63, 3.8) is 0 Å². The lowest BCUT2D eigenvalue weighted by molar-refractivity contribution is 0.597. The minimum atomic E-state index is -3.96. The summed E-state index contributed by atoms with van der Waals surface area (Å²) in [5.74, 6) is -1.34. The van der Waals surface area contributed by atoms with Crippen molar-refractivity contribution in [2.75, 3.05) is 10.0 Å². The van der Waals surface area contributed by atoms with E-state index in [2.05, 4.69) is 10.0 Å². The second-order valence-corrected chi connectivity index (χ2v) is 11.2. The van der Waals surface area contributed by atoms with Gasteiger partial charge in [0.05, 0.1) is 22.6 Å². The van der Waals surface area contributed by atoms with E-state index in [1.807, 2.05) is 22.6 Å². The first-order chi connectivity index (χ1) is 16.2. The molecule has 2 heterocycles. The zero-order chi connectivity index (χ0) is 24.2. The van der Waals surface area contributed by atoms with Crippen LogP contribution in [0.5, 0.6) is 0 Å². The normalized spacial score (nSPS) is 17.6. The van der Waals surface area contributed by atoms with Gasteiger partial charge in [0.15, 0.2) is 5.58 Å². The highest BCUT2D eigenvalue weighted by molar-refractivity contribution is 14.1. The molecule has 0 radical (unpaired) electrons. The summed E-state index contributed by atoms with van der Waals surface area (Å²) in [5.41, 5.74) is 0.237. The Morgan fingerprint density at radius 2 is 1.94 bits per heavy atom. The summed E-state index contributed by atoms with van der Waals surface area (Å²) in [7, 11) is -2.51. The van der Waals surface area contributed by atoms with Crippen molar-refractivity contribution in [2.24, 2.45) is 7.05 Å². The van der Waals surface area contributed by atoms with Gasteiger partial charge in [0, 0.05) is 16.5 Å². The van der Waals surface area contributed by atoms with Gasteiger partial charge in [-0.3, -0.25) is 14.1 Å². The molecule has 2 unspecified atom stereocenters. The van der Waals surface area contributed by atoms with E-state index >= 15 is 0 Å². The van der Waals surface area contributed by atoms with Crippen LogP contribution in [0.4, 0.5) is 26.0 Å². The molecule has 1 aliphatic carbocycles. The summed E-state index contributed by atoms with van der Waals surface area (Å²) < 4.78 is 64.6. The third-order valence-corrected chi connectivity index (χ3v) is 8.31. The summed E-state index contributed by atoms with van der Waals surface area (Å²) in [6, 6.07) is 11.8. The lowest BCUT2D eigenvalue weighted by atomic mass is 10.1. The Bertz CT molecular complexity index is 1600. The maximum atomic E-state index is 14.6. The van der Waals surface area contributed by atoms with Crippen molar-refractivity contribution in [3.8, 4) is 0 Å². The first-order valence-corrected chi connectivity index (χ1v) is 12.9. The Labute approximate surface area is 207 Å². The Hall–Kier alpha value is -2.93. The fraction of sp³-hybridized carbons (Fsp3) is 0.174. The zero-order valence-electron chi connectivity index (χ0n) is 17.7. The van der Waals surface area contributed by atoms with Gasteiger partial charge in [-0.25, -0.2) is 17.2 Å². The van der Waals surface area contributed by atoms with Crippen LogP contribution in [0.25, 0.3) is 11.0 Å². The number of rotatable bonds is 6. The lowest BCUT2D eigenvalue weighted by Crippen LogP contribution is -2.25. The fourth-order valence-electron chi connectivity index (χ4n) is 4.01. The van der Waals surface area contributed by atoms with E-state index in [9.17, 15) is 22.0 Å². The van der Waals surface area contributed by atoms with Crippen LogP contribution in [0.15, 0.2) is 64.0 Å². The predicted octanol–water partition coefficient (Wildman–Crippen LogP) is 5.06. The SMILES string of the molecule is Cn1c(Nc2ccc(I)cc2F)c(NS(=O)(=O)C2CC2c2cccc(F)c2)c2occc2c1=O. The van der Waals surface area contributed by atoms with Gasteiger partial charge >= 0.3 is 0 Å². The van der Waals surface area contributed by atoms with E-state index < -0.39 is 32.5 Å². The Morgan fingerprint density at radius 3 is 2.68 bits per heavy atom. The van der Waals surface area contributed by atoms with E-state index in [0.717, 1.165) is 0 Å². The number of benzene rings is 2. The maximum absolute atomic E-state index is 14.6. The number of nitrogens with one attached hydrogen (secondary N) is 2. The largest absolute Gasteiger partial charge is 0.462 e. The molecule has 11 heteroatoms. The van der Waals surface area contributed by atoms with E-state index in [1.165, 1.54) is 54.3 Å². The number of furan rings is 1. The number of nitrogens with zero attached hydrogens (tertiary/aromatic N) is 1. The summed E-state index contributed by atoms with van der Waals surface area (Å²) in [6.07, 6.45) is 1.60. The standard InChI is InChI=1S/C23H18F2IN3O4S/c1-29-22(27-18-6-5-14(26)10-17(18)25)20(21-15(23(29)30)7-8-33-21)28-34(31,32)19-11-16(19)12-3-2-4-13(24)9-12/h2-10,16,19,27-28H,11H2,1H3. The van der Waals surface area contributed by atoms with E-state index in [0.29, 0.717) is 15.6 Å². The molecule has 0 bridgehead atoms. The minimum absolute atomic E-state index is 0.00931. The van der Waals surface area contributed by atoms with Crippen LogP contribution >= 0.6 is 22.6 Å². The number of halogens is 3. The van der Waals surface area contributed by atoms with Gasteiger partial charge < -0.3 is 9.73 Å². The topological polar surface area (TPSA) is 93.3 Å². The summed E-state index contributed by atoms with van der Waals surface area (Å²) in [4.78, 5) is 12.8. The van der Waals surface area contributed by atoms with Crippen molar-refractivity contribution in [1.29, 1.82) is 0 Å². The third kappa shape index (κ3) is 4.06. The molecule has 5 rings (SSSR count). The molecular weight excluding hydrogens is 579 g/mol. The number of sulfonamides is 1. The number of aromatic nitrogens is 1. The molecule has 34 heavy (non-hydrogen) atoms. The highest BCUT2D eigenvalue weighted by Gasteiger charge is 2.49. The molecule has 2 atom stereocenters. The van der Waals surface area contributed by atoms with E-state index in [4.69, 9.17) is 4.42 Å². The second kappa shape index (κ2) is 8.38. The average Bonchev–Trinajstić information content (AvgIpc) is 3.46. The van der Waals surface area contributed by atoms with E-state index in [-0.39, 0.29) is 34.1 Å².